The van der Waals surface area contributed by atoms with E-state index >= 15 is 0 Å². The van der Waals surface area contributed by atoms with Crippen LogP contribution in [0.4, 0.5) is 5.82 Å². The summed E-state index contributed by atoms with van der Waals surface area (Å²) in [5.74, 6) is -1.05. The average Bonchev–Trinajstić information content (AvgIpc) is 3.16. The van der Waals surface area contributed by atoms with Crippen LogP contribution in [0.5, 0.6) is 0 Å². The van der Waals surface area contributed by atoms with Crippen LogP contribution in [0.2, 0.25) is 0 Å². The van der Waals surface area contributed by atoms with Gasteiger partial charge in [0.1, 0.15) is 23.7 Å². The molecule has 3 rings (SSSR count). The third-order valence-corrected chi connectivity index (χ3v) is 10.4. The Hall–Kier alpha value is -4.63. The summed E-state index contributed by atoms with van der Waals surface area (Å²) in [6.07, 6.45) is 7.53. The van der Waals surface area contributed by atoms with Crippen molar-refractivity contribution in [2.45, 2.75) is 129 Å². The van der Waals surface area contributed by atoms with Gasteiger partial charge in [0.15, 0.2) is 0 Å². The van der Waals surface area contributed by atoms with E-state index in [9.17, 15) is 29.1 Å². The highest BCUT2D eigenvalue weighted by atomic mass is 16.3. The zero-order valence-corrected chi connectivity index (χ0v) is 33.9. The molecular weight excluding hydrogens is 715 g/mol. The quantitative estimate of drug-likeness (QED) is 0.0873. The summed E-state index contributed by atoms with van der Waals surface area (Å²) < 4.78 is 0. The number of aromatic nitrogens is 2. The fourth-order valence-corrected chi connectivity index (χ4v) is 6.88. The number of hydrogen-bond donors (Lipinski definition) is 7. The van der Waals surface area contributed by atoms with Crippen molar-refractivity contribution < 1.29 is 29.1 Å². The molecule has 56 heavy (non-hydrogen) atoms. The normalized spacial score (nSPS) is 15.8. The minimum absolute atomic E-state index is 0.0191. The SMILES string of the molecule is CC[C@H](C)[C@H](NC(=O)C[C@H](O)[C@H](CC1CCCCC1)NC(=O)CCNC(=O)[C@H](Cc1ccccc1)NC(=O)CCCN(C)C)C(=O)NCc1cnc(C)nc1N. The molecule has 0 unspecified atom stereocenters. The van der Waals surface area contributed by atoms with Crippen LogP contribution >= 0.6 is 0 Å². The first-order valence-electron chi connectivity index (χ1n) is 20.1. The molecule has 1 aliphatic carbocycles. The fourth-order valence-electron chi connectivity index (χ4n) is 6.88. The van der Waals surface area contributed by atoms with E-state index in [-0.39, 0.29) is 61.8 Å². The number of aryl methyl sites for hydroxylation is 1. The molecule has 310 valence electrons. The molecule has 0 saturated heterocycles. The molecule has 15 heteroatoms. The first-order valence-corrected chi connectivity index (χ1v) is 20.1. The molecule has 0 radical (unpaired) electrons. The van der Waals surface area contributed by atoms with Gasteiger partial charge in [-0.1, -0.05) is 82.7 Å². The van der Waals surface area contributed by atoms with Crippen LogP contribution in [0.3, 0.4) is 0 Å². The molecule has 0 spiro atoms. The molecule has 15 nitrogen and oxygen atoms in total. The Morgan fingerprint density at radius 3 is 2.29 bits per heavy atom. The molecule has 0 aliphatic heterocycles. The number of carbonyl (C=O) groups is 5. The van der Waals surface area contributed by atoms with E-state index in [1.54, 1.807) is 13.1 Å². The standard InChI is InChI=1S/C41H65N9O6/c1-6-27(2)38(41(56)45-26-31-25-44-28(3)46-39(31)42)49-37(54)24-34(51)32(22-29-14-9-7-10-15-29)47-36(53)19-20-43-40(55)33(23-30-16-11-8-12-17-30)48-35(52)18-13-21-50(4)5/h8,11-12,16-17,25,27,29,32-34,38,51H,6-7,9-10,13-15,18-24,26H2,1-5H3,(H,43,55)(H,45,56)(H,47,53)(H,48,52)(H,49,54)(H2,42,44,46)/t27-,32-,33-,34-,38-/m0/s1. The van der Waals surface area contributed by atoms with E-state index in [1.165, 1.54) is 0 Å². The number of carbonyl (C=O) groups excluding carboxylic acids is 5. The number of hydrogen-bond acceptors (Lipinski definition) is 10. The topological polar surface area (TPSA) is 221 Å². The number of benzene rings is 1. The van der Waals surface area contributed by atoms with Gasteiger partial charge in [0.05, 0.1) is 18.6 Å². The second-order valence-electron chi connectivity index (χ2n) is 15.4. The van der Waals surface area contributed by atoms with E-state index in [1.807, 2.05) is 63.2 Å². The second-order valence-corrected chi connectivity index (χ2v) is 15.4. The maximum Gasteiger partial charge on any atom is 0.243 e. The van der Waals surface area contributed by atoms with Gasteiger partial charge in [-0.05, 0) is 57.8 Å². The molecule has 1 aromatic heterocycles. The van der Waals surface area contributed by atoms with Crippen LogP contribution in [0.25, 0.3) is 0 Å². The Labute approximate surface area is 332 Å². The predicted molar refractivity (Wildman–Crippen MR) is 216 cm³/mol. The maximum absolute atomic E-state index is 13.4. The lowest BCUT2D eigenvalue weighted by molar-refractivity contribution is -0.132. The van der Waals surface area contributed by atoms with E-state index < -0.39 is 42.0 Å². The van der Waals surface area contributed by atoms with E-state index in [0.29, 0.717) is 37.1 Å². The lowest BCUT2D eigenvalue weighted by Gasteiger charge is -2.30. The van der Waals surface area contributed by atoms with E-state index in [4.69, 9.17) is 5.73 Å². The highest BCUT2D eigenvalue weighted by Gasteiger charge is 2.31. The van der Waals surface area contributed by atoms with Crippen LogP contribution in [-0.2, 0) is 36.9 Å². The van der Waals surface area contributed by atoms with Crippen LogP contribution in [0.1, 0.15) is 101 Å². The second kappa shape index (κ2) is 24.1. The lowest BCUT2D eigenvalue weighted by atomic mass is 9.83. The zero-order valence-electron chi connectivity index (χ0n) is 33.9. The van der Waals surface area contributed by atoms with Crippen molar-refractivity contribution in [1.82, 2.24) is 41.5 Å². The third kappa shape index (κ3) is 16.6. The Balaban J connectivity index is 1.60. The van der Waals surface area contributed by atoms with Gasteiger partial charge < -0.3 is 42.3 Å². The smallest absolute Gasteiger partial charge is 0.243 e. The van der Waals surface area contributed by atoms with E-state index in [0.717, 1.165) is 44.2 Å². The Morgan fingerprint density at radius 1 is 0.929 bits per heavy atom. The number of amides is 5. The number of nitrogen functional groups attached to an aromatic ring is 1. The van der Waals surface area contributed by atoms with Crippen molar-refractivity contribution in [2.75, 3.05) is 32.9 Å². The predicted octanol–water partition coefficient (Wildman–Crippen LogP) is 2.30. The first-order chi connectivity index (χ1) is 26.7. The average molecular weight is 780 g/mol. The lowest BCUT2D eigenvalue weighted by Crippen LogP contribution is -2.52. The van der Waals surface area contributed by atoms with Gasteiger partial charge in [0.2, 0.25) is 29.5 Å². The van der Waals surface area contributed by atoms with Gasteiger partial charge in [-0.15, -0.1) is 0 Å². The summed E-state index contributed by atoms with van der Waals surface area (Å²) in [6.45, 7) is 6.35. The van der Waals surface area contributed by atoms with Gasteiger partial charge in [-0.25, -0.2) is 9.97 Å². The van der Waals surface area contributed by atoms with Gasteiger partial charge in [-0.2, -0.15) is 0 Å². The number of nitrogens with two attached hydrogens (primary N) is 1. The summed E-state index contributed by atoms with van der Waals surface area (Å²) >= 11 is 0. The summed E-state index contributed by atoms with van der Waals surface area (Å²) in [6, 6.07) is 7.02. The van der Waals surface area contributed by atoms with Crippen LogP contribution in [0.15, 0.2) is 36.5 Å². The van der Waals surface area contributed by atoms with Crippen molar-refractivity contribution in [2.24, 2.45) is 11.8 Å². The van der Waals surface area contributed by atoms with Crippen molar-refractivity contribution in [3.8, 4) is 0 Å². The highest BCUT2D eigenvalue weighted by molar-refractivity contribution is 5.89. The molecule has 1 fully saturated rings. The molecule has 2 aromatic rings. The summed E-state index contributed by atoms with van der Waals surface area (Å²) in [5.41, 5.74) is 7.43. The largest absolute Gasteiger partial charge is 0.390 e. The number of rotatable bonds is 23. The van der Waals surface area contributed by atoms with Crippen LogP contribution < -0.4 is 32.3 Å². The number of nitrogens with one attached hydrogen (secondary N) is 5. The molecule has 5 amide bonds. The Morgan fingerprint density at radius 2 is 1.62 bits per heavy atom. The van der Waals surface area contributed by atoms with Gasteiger partial charge in [0, 0.05) is 44.1 Å². The molecule has 1 aromatic carbocycles. The van der Waals surface area contributed by atoms with Crippen LogP contribution in [0, 0.1) is 18.8 Å². The fraction of sp³-hybridized carbons (Fsp3) is 0.634. The third-order valence-electron chi connectivity index (χ3n) is 10.4. The van der Waals surface area contributed by atoms with Gasteiger partial charge in [0.25, 0.3) is 0 Å². The molecule has 1 aliphatic rings. The maximum atomic E-state index is 13.4. The minimum atomic E-state index is -1.21. The summed E-state index contributed by atoms with van der Waals surface area (Å²) in [5, 5.41) is 25.6. The molecular formula is C41H65N9O6. The number of nitrogens with zero attached hydrogens (tertiary/aromatic N) is 3. The molecule has 8 N–H and O–H groups in total. The van der Waals surface area contributed by atoms with E-state index in [2.05, 4.69) is 36.6 Å². The minimum Gasteiger partial charge on any atom is -0.390 e. The molecule has 0 bridgehead atoms. The van der Waals surface area contributed by atoms with Gasteiger partial charge in [-0.3, -0.25) is 24.0 Å². The Bertz CT molecular complexity index is 1550. The van der Waals surface area contributed by atoms with Crippen molar-refractivity contribution in [1.29, 1.82) is 0 Å². The Kier molecular flexibility index (Phi) is 19.7. The number of aliphatic hydroxyl groups excluding tert-OH is 1. The number of aliphatic hydroxyl groups is 1. The van der Waals surface area contributed by atoms with Crippen molar-refractivity contribution >= 4 is 35.4 Å². The summed E-state index contributed by atoms with van der Waals surface area (Å²) in [4.78, 5) is 76.2. The molecule has 1 heterocycles. The first kappa shape index (κ1) is 45.8. The zero-order chi connectivity index (χ0) is 41.0. The van der Waals surface area contributed by atoms with Crippen molar-refractivity contribution in [3.05, 3.63) is 53.5 Å². The van der Waals surface area contributed by atoms with Gasteiger partial charge >= 0.3 is 0 Å². The molecule has 5 atom stereocenters. The number of anilines is 1. The summed E-state index contributed by atoms with van der Waals surface area (Å²) in [7, 11) is 3.87. The molecule has 1 saturated carbocycles. The van der Waals surface area contributed by atoms with Crippen LogP contribution in [-0.4, -0.2) is 101 Å². The monoisotopic (exact) mass is 780 g/mol. The highest BCUT2D eigenvalue weighted by Crippen LogP contribution is 2.28. The van der Waals surface area contributed by atoms with Crippen molar-refractivity contribution in [3.63, 3.8) is 0 Å².